The van der Waals surface area contributed by atoms with Crippen LogP contribution in [0.25, 0.3) is 10.8 Å². The van der Waals surface area contributed by atoms with Crippen LogP contribution in [-0.4, -0.2) is 44.3 Å². The van der Waals surface area contributed by atoms with Crippen molar-refractivity contribution >= 4 is 38.8 Å². The van der Waals surface area contributed by atoms with E-state index in [4.69, 9.17) is 9.15 Å². The summed E-state index contributed by atoms with van der Waals surface area (Å²) < 4.78 is 50.7. The maximum atomic E-state index is 13.3. The molecule has 0 radical (unpaired) electrons. The summed E-state index contributed by atoms with van der Waals surface area (Å²) in [7, 11) is -4.07. The van der Waals surface area contributed by atoms with Gasteiger partial charge in [0.15, 0.2) is 0 Å². The number of sulfone groups is 1. The van der Waals surface area contributed by atoms with E-state index in [0.29, 0.717) is 18.0 Å². The van der Waals surface area contributed by atoms with Crippen molar-refractivity contribution in [2.45, 2.75) is 34.0 Å². The first kappa shape index (κ1) is 22.0. The van der Waals surface area contributed by atoms with Gasteiger partial charge in [0, 0.05) is 13.2 Å². The van der Waals surface area contributed by atoms with Crippen LogP contribution in [0.4, 0.5) is 4.39 Å². The van der Waals surface area contributed by atoms with E-state index < -0.39 is 15.7 Å². The molecule has 3 heterocycles. The van der Waals surface area contributed by atoms with Gasteiger partial charge in [-0.2, -0.15) is 4.98 Å². The van der Waals surface area contributed by atoms with Crippen molar-refractivity contribution in [2.24, 2.45) is 0 Å². The number of thiophene rings is 1. The lowest BCUT2D eigenvalue weighted by molar-refractivity contribution is -0.119. The number of carbonyl (C=O) groups is 1. The van der Waals surface area contributed by atoms with Crippen LogP contribution in [0.2, 0.25) is 0 Å². The minimum atomic E-state index is -4.07. The molecule has 164 valence electrons. The maximum absolute atomic E-state index is 13.3. The van der Waals surface area contributed by atoms with E-state index in [1.54, 1.807) is 12.1 Å². The van der Waals surface area contributed by atoms with Gasteiger partial charge in [0.25, 0.3) is 0 Å². The molecular weight excluding hydrogens is 463 g/mol. The Balaban J connectivity index is 1.55. The number of ether oxygens (including phenoxy) is 1. The third-order valence-corrected chi connectivity index (χ3v) is 8.17. The number of rotatable bonds is 8. The summed E-state index contributed by atoms with van der Waals surface area (Å²) in [5.74, 6) is -0.703. The largest absolute Gasteiger partial charge is 0.428 e. The molecule has 1 amide bonds. The summed E-state index contributed by atoms with van der Waals surface area (Å²) in [6.45, 7) is 1.11. The van der Waals surface area contributed by atoms with Gasteiger partial charge in [0.05, 0.1) is 21.6 Å². The second kappa shape index (κ2) is 9.51. The predicted octanol–water partition coefficient (Wildman–Crippen LogP) is 3.76. The first-order valence-corrected chi connectivity index (χ1v) is 12.8. The lowest BCUT2D eigenvalue weighted by Gasteiger charge is -2.10. The number of aromatic nitrogens is 1. The van der Waals surface area contributed by atoms with Crippen molar-refractivity contribution in [3.63, 3.8) is 0 Å². The summed E-state index contributed by atoms with van der Waals surface area (Å²) in [6.07, 6.45) is 1.89. The van der Waals surface area contributed by atoms with Gasteiger partial charge in [-0.15, -0.1) is 11.3 Å². The Hall–Kier alpha value is -2.21. The van der Waals surface area contributed by atoms with Gasteiger partial charge in [-0.25, -0.2) is 12.8 Å². The molecule has 3 aromatic rings. The van der Waals surface area contributed by atoms with Crippen molar-refractivity contribution in [3.05, 3.63) is 47.6 Å². The number of amides is 1. The van der Waals surface area contributed by atoms with E-state index in [1.807, 2.05) is 5.38 Å². The molecule has 0 aliphatic carbocycles. The highest BCUT2D eigenvalue weighted by Gasteiger charge is 2.29. The zero-order chi connectivity index (χ0) is 21.8. The van der Waals surface area contributed by atoms with Gasteiger partial charge >= 0.3 is 0 Å². The summed E-state index contributed by atoms with van der Waals surface area (Å²) in [4.78, 5) is 17.0. The first-order valence-electron chi connectivity index (χ1n) is 9.50. The number of halogens is 1. The van der Waals surface area contributed by atoms with Crippen LogP contribution in [0, 0.1) is 5.82 Å². The van der Waals surface area contributed by atoms with Crippen molar-refractivity contribution in [1.29, 1.82) is 0 Å². The molecule has 7 nitrogen and oxygen atoms in total. The molecule has 0 saturated carbocycles. The Morgan fingerprint density at radius 3 is 2.77 bits per heavy atom. The first-order chi connectivity index (χ1) is 14.9. The van der Waals surface area contributed by atoms with E-state index in [1.165, 1.54) is 23.5 Å². The molecule has 11 heteroatoms. The summed E-state index contributed by atoms with van der Waals surface area (Å²) >= 11 is 2.30. The van der Waals surface area contributed by atoms with Crippen molar-refractivity contribution in [1.82, 2.24) is 10.3 Å². The van der Waals surface area contributed by atoms with E-state index >= 15 is 0 Å². The van der Waals surface area contributed by atoms with Gasteiger partial charge in [-0.3, -0.25) is 4.79 Å². The highest BCUT2D eigenvalue weighted by Crippen LogP contribution is 2.36. The van der Waals surface area contributed by atoms with Crippen LogP contribution in [0.1, 0.15) is 12.8 Å². The Morgan fingerprint density at radius 2 is 2.10 bits per heavy atom. The predicted molar refractivity (Wildman–Crippen MR) is 114 cm³/mol. The highest BCUT2D eigenvalue weighted by molar-refractivity contribution is 8.00. The van der Waals surface area contributed by atoms with E-state index in [0.717, 1.165) is 36.7 Å². The van der Waals surface area contributed by atoms with Crippen LogP contribution in [0.15, 0.2) is 61.2 Å². The maximum Gasteiger partial charge on any atom is 0.238 e. The van der Waals surface area contributed by atoms with Gasteiger partial charge < -0.3 is 14.5 Å². The fraction of sp³-hybridized carbons (Fsp3) is 0.300. The minimum Gasteiger partial charge on any atom is -0.428 e. The lowest BCUT2D eigenvalue weighted by Crippen LogP contribution is -2.32. The Kier molecular flexibility index (Phi) is 6.75. The molecule has 1 saturated heterocycles. The van der Waals surface area contributed by atoms with Crippen molar-refractivity contribution < 1.29 is 26.8 Å². The summed E-state index contributed by atoms with van der Waals surface area (Å²) in [5.41, 5.74) is 0. The van der Waals surface area contributed by atoms with E-state index in [-0.39, 0.29) is 38.7 Å². The highest BCUT2D eigenvalue weighted by atomic mass is 32.2. The van der Waals surface area contributed by atoms with Crippen LogP contribution in [-0.2, 0) is 19.4 Å². The number of carbonyl (C=O) groups excluding carboxylic acids is 1. The topological polar surface area (TPSA) is 98.5 Å². The number of hydrogen-bond acceptors (Lipinski definition) is 8. The van der Waals surface area contributed by atoms with Crippen LogP contribution >= 0.6 is 23.1 Å². The normalized spacial score (nSPS) is 16.5. The summed E-state index contributed by atoms with van der Waals surface area (Å²) in [6, 6.07) is 8.04. The van der Waals surface area contributed by atoms with E-state index in [2.05, 4.69) is 10.3 Å². The molecule has 0 unspecified atom stereocenters. The fourth-order valence-corrected chi connectivity index (χ4v) is 6.01. The van der Waals surface area contributed by atoms with Crippen molar-refractivity contribution in [3.8, 4) is 10.8 Å². The Bertz CT molecular complexity index is 1140. The zero-order valence-corrected chi connectivity index (χ0v) is 18.7. The second-order valence-corrected chi connectivity index (χ2v) is 10.5. The van der Waals surface area contributed by atoms with Crippen LogP contribution in [0.5, 0.6) is 0 Å². The minimum absolute atomic E-state index is 0.0130. The number of benzene rings is 1. The summed E-state index contributed by atoms with van der Waals surface area (Å²) in [5, 5.41) is 4.33. The second-order valence-electron chi connectivity index (χ2n) is 6.77. The molecular formula is C20H19FN2O5S3. The van der Waals surface area contributed by atoms with Gasteiger partial charge in [0.1, 0.15) is 5.82 Å². The molecule has 2 aromatic heterocycles. The molecule has 31 heavy (non-hydrogen) atoms. The number of nitrogens with one attached hydrogen (secondary N) is 1. The van der Waals surface area contributed by atoms with Gasteiger partial charge in [-0.1, -0.05) is 17.8 Å². The average molecular weight is 483 g/mol. The molecule has 0 bridgehead atoms. The monoisotopic (exact) mass is 482 g/mol. The van der Waals surface area contributed by atoms with Gasteiger partial charge in [-0.05, 0) is 48.6 Å². The van der Waals surface area contributed by atoms with Crippen LogP contribution < -0.4 is 5.32 Å². The molecule has 1 aliphatic heterocycles. The molecule has 1 aliphatic rings. The Morgan fingerprint density at radius 1 is 1.29 bits per heavy atom. The number of hydrogen-bond donors (Lipinski definition) is 1. The molecule has 1 N–H and O–H groups in total. The van der Waals surface area contributed by atoms with Crippen LogP contribution in [0.3, 0.4) is 0 Å². The number of oxazole rings is 1. The number of thioether (sulfide) groups is 1. The smallest absolute Gasteiger partial charge is 0.238 e. The fourth-order valence-electron chi connectivity index (χ4n) is 3.00. The quantitative estimate of drug-likeness (QED) is 0.386. The van der Waals surface area contributed by atoms with E-state index in [9.17, 15) is 17.6 Å². The number of nitrogens with zero attached hydrogens (tertiary/aromatic N) is 1. The third kappa shape index (κ3) is 5.17. The SMILES string of the molecule is O=C(CSc1oc(-c2cccs2)nc1S(=O)(=O)c1ccc(F)cc1)NC[C@@H]1CCCO1. The molecule has 1 aromatic carbocycles. The van der Waals surface area contributed by atoms with Gasteiger partial charge in [0.2, 0.25) is 31.8 Å². The average Bonchev–Trinajstić information content (AvgIpc) is 3.52. The molecule has 0 spiro atoms. The standard InChI is InChI=1S/C20H19FN2O5S3/c21-13-5-7-15(8-6-13)31(25,26)19-20(28-18(23-19)16-4-2-10-29-16)30-12-17(24)22-11-14-3-1-9-27-14/h2,4-8,10,14H,1,3,9,11-12H2,(H,22,24)/t14-/m0/s1. The molecule has 1 fully saturated rings. The third-order valence-electron chi connectivity index (χ3n) is 4.56. The zero-order valence-electron chi connectivity index (χ0n) is 16.2. The molecule has 4 rings (SSSR count). The van der Waals surface area contributed by atoms with Crippen molar-refractivity contribution in [2.75, 3.05) is 18.9 Å². The lowest BCUT2D eigenvalue weighted by atomic mass is 10.2. The molecule has 1 atom stereocenters. The Labute approximate surface area is 186 Å².